The molecule has 38 heavy (non-hydrogen) atoms. The minimum Gasteiger partial charge on any atom is -0.494 e. The molecule has 2 aromatic heterocycles. The van der Waals surface area contributed by atoms with Gasteiger partial charge in [-0.3, -0.25) is 4.79 Å². The van der Waals surface area contributed by atoms with Crippen molar-refractivity contribution in [3.05, 3.63) is 67.0 Å². The molecule has 4 aromatic rings. The van der Waals surface area contributed by atoms with E-state index >= 15 is 0 Å². The number of carbonyl (C=O) groups excluding carboxylic acids is 1. The molecule has 0 atom stereocenters. The van der Waals surface area contributed by atoms with Crippen LogP contribution in [0.1, 0.15) is 5.56 Å². The van der Waals surface area contributed by atoms with Crippen LogP contribution in [0.3, 0.4) is 0 Å². The summed E-state index contributed by atoms with van der Waals surface area (Å²) in [7, 11) is 7.81. The van der Waals surface area contributed by atoms with Gasteiger partial charge in [-0.15, -0.1) is 0 Å². The maximum absolute atomic E-state index is 12.3. The number of ether oxygens (including phenoxy) is 1. The first-order chi connectivity index (χ1) is 18.3. The minimum absolute atomic E-state index is 0.281. The van der Waals surface area contributed by atoms with Gasteiger partial charge in [-0.2, -0.15) is 0 Å². The molecule has 0 unspecified atom stereocenters. The quantitative estimate of drug-likeness (QED) is 0.335. The first-order valence-corrected chi connectivity index (χ1v) is 12.5. The molecule has 0 saturated carbocycles. The largest absolute Gasteiger partial charge is 0.494 e. The third kappa shape index (κ3) is 4.68. The summed E-state index contributed by atoms with van der Waals surface area (Å²) in [4.78, 5) is 26.1. The van der Waals surface area contributed by atoms with Crippen LogP contribution in [0.25, 0.3) is 22.2 Å². The average Bonchev–Trinajstić information content (AvgIpc) is 3.21. The molecule has 2 N–H and O–H groups in total. The van der Waals surface area contributed by atoms with E-state index in [0.717, 1.165) is 46.5 Å². The summed E-state index contributed by atoms with van der Waals surface area (Å²) < 4.78 is 7.85. The van der Waals surface area contributed by atoms with Gasteiger partial charge in [-0.25, -0.2) is 9.97 Å². The van der Waals surface area contributed by atoms with Gasteiger partial charge >= 0.3 is 0 Å². The van der Waals surface area contributed by atoms with E-state index in [-0.39, 0.29) is 5.91 Å². The van der Waals surface area contributed by atoms with E-state index in [2.05, 4.69) is 69.0 Å². The molecule has 196 valence electrons. The number of hydrogen-bond acceptors (Lipinski definition) is 7. The van der Waals surface area contributed by atoms with Crippen molar-refractivity contribution in [2.24, 2.45) is 7.05 Å². The number of para-hydroxylation sites is 1. The molecule has 2 aromatic carbocycles. The van der Waals surface area contributed by atoms with E-state index in [1.165, 1.54) is 6.08 Å². The van der Waals surface area contributed by atoms with Gasteiger partial charge in [0.05, 0.1) is 29.9 Å². The van der Waals surface area contributed by atoms with Crippen molar-refractivity contribution in [1.29, 1.82) is 0 Å². The van der Waals surface area contributed by atoms with Crippen LogP contribution in [0.2, 0.25) is 0 Å². The normalized spacial score (nSPS) is 13.5. The van der Waals surface area contributed by atoms with Gasteiger partial charge in [-0.1, -0.05) is 24.8 Å². The van der Waals surface area contributed by atoms with Crippen LogP contribution < -0.4 is 20.3 Å². The van der Waals surface area contributed by atoms with Crippen LogP contribution in [0.15, 0.2) is 61.4 Å². The van der Waals surface area contributed by atoms with Crippen molar-refractivity contribution in [2.45, 2.75) is 13.0 Å². The Morgan fingerprint density at radius 1 is 1.21 bits per heavy atom. The number of amides is 1. The van der Waals surface area contributed by atoms with E-state index in [4.69, 9.17) is 9.72 Å². The lowest BCUT2D eigenvalue weighted by atomic mass is 10.0. The van der Waals surface area contributed by atoms with Crippen LogP contribution in [0, 0.1) is 6.92 Å². The first kappa shape index (κ1) is 25.3. The Morgan fingerprint density at radius 2 is 1.97 bits per heavy atom. The highest BCUT2D eigenvalue weighted by Crippen LogP contribution is 2.40. The Balaban J connectivity index is 1.52. The van der Waals surface area contributed by atoms with Gasteiger partial charge in [-0.05, 0) is 44.8 Å². The van der Waals surface area contributed by atoms with E-state index in [9.17, 15) is 4.79 Å². The fourth-order valence-electron chi connectivity index (χ4n) is 4.79. The lowest BCUT2D eigenvalue weighted by Gasteiger charge is -2.45. The van der Waals surface area contributed by atoms with E-state index in [1.54, 1.807) is 7.11 Å². The topological polar surface area (TPSA) is 87.5 Å². The van der Waals surface area contributed by atoms with Crippen LogP contribution in [0.5, 0.6) is 5.75 Å². The van der Waals surface area contributed by atoms with Crippen LogP contribution >= 0.6 is 0 Å². The van der Waals surface area contributed by atoms with Gasteiger partial charge in [0.25, 0.3) is 0 Å². The second-order valence-electron chi connectivity index (χ2n) is 9.81. The Kier molecular flexibility index (Phi) is 6.77. The number of benzene rings is 2. The van der Waals surface area contributed by atoms with Crippen molar-refractivity contribution >= 4 is 39.8 Å². The zero-order chi connectivity index (χ0) is 27.0. The molecule has 1 aliphatic rings. The molecule has 9 heteroatoms. The molecule has 0 radical (unpaired) electrons. The number of likely N-dealkylation sites (N-methyl/N-ethyl adjacent to an activating group) is 1. The zero-order valence-corrected chi connectivity index (χ0v) is 22.4. The number of methoxy groups -OCH3 is 1. The van der Waals surface area contributed by atoms with Gasteiger partial charge in [0, 0.05) is 61.1 Å². The molecular weight excluding hydrogens is 478 g/mol. The summed E-state index contributed by atoms with van der Waals surface area (Å²) >= 11 is 0. The first-order valence-electron chi connectivity index (χ1n) is 12.5. The third-order valence-electron chi connectivity index (χ3n) is 7.06. The monoisotopic (exact) mass is 511 g/mol. The zero-order valence-electron chi connectivity index (χ0n) is 22.4. The van der Waals surface area contributed by atoms with Crippen molar-refractivity contribution in [2.75, 3.05) is 49.8 Å². The Morgan fingerprint density at radius 3 is 2.68 bits per heavy atom. The summed E-state index contributed by atoms with van der Waals surface area (Å²) in [6.07, 6.45) is 5.17. The minimum atomic E-state index is -0.281. The Labute approximate surface area is 222 Å². The number of carbonyl (C=O) groups is 1. The summed E-state index contributed by atoms with van der Waals surface area (Å²) in [6.45, 7) is 7.32. The third-order valence-corrected chi connectivity index (χ3v) is 7.06. The number of nitrogens with one attached hydrogen (secondary N) is 2. The number of hydrogen-bond donors (Lipinski definition) is 2. The Bertz CT molecular complexity index is 1520. The lowest BCUT2D eigenvalue weighted by Crippen LogP contribution is -2.57. The molecule has 3 heterocycles. The highest BCUT2D eigenvalue weighted by atomic mass is 16.5. The maximum Gasteiger partial charge on any atom is 0.247 e. The van der Waals surface area contributed by atoms with Crippen molar-refractivity contribution in [3.63, 3.8) is 0 Å². The van der Waals surface area contributed by atoms with E-state index in [1.807, 2.05) is 44.4 Å². The average molecular weight is 512 g/mol. The number of fused-ring (bicyclic) bond motifs is 1. The van der Waals surface area contributed by atoms with E-state index in [0.29, 0.717) is 29.1 Å². The fraction of sp³-hybridized carbons (Fsp3) is 0.276. The van der Waals surface area contributed by atoms with Crippen molar-refractivity contribution < 1.29 is 9.53 Å². The number of nitrogens with zero attached hydrogens (tertiary/aromatic N) is 5. The number of anilines is 4. The predicted octanol–water partition coefficient (Wildman–Crippen LogP) is 4.57. The lowest BCUT2D eigenvalue weighted by molar-refractivity contribution is -0.111. The van der Waals surface area contributed by atoms with Gasteiger partial charge in [0.1, 0.15) is 5.75 Å². The molecule has 1 fully saturated rings. The number of aryl methyl sites for hydroxylation is 2. The molecular formula is C29H33N7O2. The SMILES string of the molecule is C=CC(=O)Nc1cc(Nc2ncc(C)c(-c3cn(C)c4ccccc34)n2)c(OC)cc1N1CC(N(C)C)C1. The molecule has 1 saturated heterocycles. The highest BCUT2D eigenvalue weighted by molar-refractivity contribution is 6.02. The van der Waals surface area contributed by atoms with E-state index < -0.39 is 0 Å². The predicted molar refractivity (Wildman–Crippen MR) is 153 cm³/mol. The molecule has 0 aliphatic carbocycles. The Hall–Kier alpha value is -4.37. The van der Waals surface area contributed by atoms with Crippen LogP contribution in [-0.2, 0) is 11.8 Å². The summed E-state index contributed by atoms with van der Waals surface area (Å²) in [5.41, 5.74) is 6.21. The molecule has 5 rings (SSSR count). The molecule has 9 nitrogen and oxygen atoms in total. The summed E-state index contributed by atoms with van der Waals surface area (Å²) in [6, 6.07) is 12.5. The maximum atomic E-state index is 12.3. The standard InChI is InChI=1S/C29H33N7O2/c1-7-27(37)31-22-12-23(26(38-6)13-25(22)36-15-19(16-36)34(3)4)32-29-30-14-18(2)28(33-29)21-17-35(5)24-11-9-8-10-20(21)24/h7-14,17,19H,1,15-16H2,2-6H3,(H,31,37)(H,30,32,33). The van der Waals surface area contributed by atoms with Crippen molar-refractivity contribution in [1.82, 2.24) is 19.4 Å². The summed E-state index contributed by atoms with van der Waals surface area (Å²) in [5, 5.41) is 7.40. The van der Waals surface area contributed by atoms with Crippen LogP contribution in [-0.4, -0.2) is 65.7 Å². The number of rotatable bonds is 8. The molecule has 0 spiro atoms. The highest BCUT2D eigenvalue weighted by Gasteiger charge is 2.31. The summed E-state index contributed by atoms with van der Waals surface area (Å²) in [5.74, 6) is 0.778. The van der Waals surface area contributed by atoms with Crippen molar-refractivity contribution in [3.8, 4) is 17.0 Å². The molecule has 1 aliphatic heterocycles. The van der Waals surface area contributed by atoms with Gasteiger partial charge in [0.15, 0.2) is 0 Å². The van der Waals surface area contributed by atoms with Gasteiger partial charge < -0.3 is 29.7 Å². The van der Waals surface area contributed by atoms with Gasteiger partial charge in [0.2, 0.25) is 11.9 Å². The number of aromatic nitrogens is 3. The fourth-order valence-corrected chi connectivity index (χ4v) is 4.79. The smallest absolute Gasteiger partial charge is 0.247 e. The second kappa shape index (κ2) is 10.2. The molecule has 1 amide bonds. The molecule has 0 bridgehead atoms. The second-order valence-corrected chi connectivity index (χ2v) is 9.81. The van der Waals surface area contributed by atoms with Crippen LogP contribution in [0.4, 0.5) is 23.0 Å².